The smallest absolute Gasteiger partial charge is 0.256 e. The van der Waals surface area contributed by atoms with Gasteiger partial charge in [-0.25, -0.2) is 8.78 Å². The van der Waals surface area contributed by atoms with Crippen molar-refractivity contribution in [2.75, 3.05) is 52.4 Å². The van der Waals surface area contributed by atoms with Gasteiger partial charge in [0.2, 0.25) is 11.8 Å². The molecule has 2 aliphatic heterocycles. The molecule has 7 nitrogen and oxygen atoms in total. The SMILES string of the molecule is CC(=O)N1CCN(C(=O)[C@@H](C2CCCC2)N2CCN(C(=O)c3ccc(F)cc3F)CC2)CC1. The zero-order valence-electron chi connectivity index (χ0n) is 19.1. The average Bonchev–Trinajstić information content (AvgIpc) is 3.33. The monoisotopic (exact) mass is 462 g/mol. The summed E-state index contributed by atoms with van der Waals surface area (Å²) >= 11 is 0. The van der Waals surface area contributed by atoms with Gasteiger partial charge >= 0.3 is 0 Å². The predicted molar refractivity (Wildman–Crippen MR) is 118 cm³/mol. The second-order valence-corrected chi connectivity index (χ2v) is 9.27. The summed E-state index contributed by atoms with van der Waals surface area (Å²) in [5.41, 5.74) is -0.128. The zero-order chi connectivity index (χ0) is 23.5. The van der Waals surface area contributed by atoms with Crippen molar-refractivity contribution in [2.24, 2.45) is 5.92 Å². The number of halogens is 2. The van der Waals surface area contributed by atoms with E-state index >= 15 is 0 Å². The first-order valence-corrected chi connectivity index (χ1v) is 11.9. The van der Waals surface area contributed by atoms with Crippen LogP contribution in [0.25, 0.3) is 0 Å². The van der Waals surface area contributed by atoms with Gasteiger partial charge in [-0.2, -0.15) is 0 Å². The van der Waals surface area contributed by atoms with Crippen LogP contribution in [0.1, 0.15) is 43.0 Å². The number of hydrogen-bond acceptors (Lipinski definition) is 4. The second-order valence-electron chi connectivity index (χ2n) is 9.27. The minimum atomic E-state index is -0.855. The molecule has 1 saturated carbocycles. The van der Waals surface area contributed by atoms with E-state index in [9.17, 15) is 23.2 Å². The molecule has 1 aromatic rings. The maximum absolute atomic E-state index is 14.1. The van der Waals surface area contributed by atoms with E-state index in [1.54, 1.807) is 16.7 Å². The van der Waals surface area contributed by atoms with Gasteiger partial charge < -0.3 is 14.7 Å². The van der Waals surface area contributed by atoms with Crippen LogP contribution in [0.2, 0.25) is 0 Å². The van der Waals surface area contributed by atoms with Gasteiger partial charge in [0.1, 0.15) is 11.6 Å². The molecule has 0 radical (unpaired) electrons. The van der Waals surface area contributed by atoms with Gasteiger partial charge in [-0.15, -0.1) is 0 Å². The second kappa shape index (κ2) is 10.2. The van der Waals surface area contributed by atoms with Gasteiger partial charge in [0.05, 0.1) is 11.6 Å². The molecular weight excluding hydrogens is 430 g/mol. The summed E-state index contributed by atoms with van der Waals surface area (Å²) in [6.07, 6.45) is 4.28. The molecule has 1 atom stereocenters. The van der Waals surface area contributed by atoms with Crippen molar-refractivity contribution in [3.63, 3.8) is 0 Å². The number of benzene rings is 1. The molecule has 2 heterocycles. The maximum atomic E-state index is 14.1. The minimum Gasteiger partial charge on any atom is -0.339 e. The molecule has 0 bridgehead atoms. The van der Waals surface area contributed by atoms with Crippen LogP contribution in [0.5, 0.6) is 0 Å². The van der Waals surface area contributed by atoms with Crippen LogP contribution in [0, 0.1) is 17.6 Å². The standard InChI is InChI=1S/C24H32F2N4O3/c1-17(31)27-8-12-30(13-9-27)24(33)22(18-4-2-3-5-18)28-10-14-29(15-11-28)23(32)20-7-6-19(25)16-21(20)26/h6-7,16,18,22H,2-5,8-15H2,1H3/t22-/m1/s1. The van der Waals surface area contributed by atoms with Crippen molar-refractivity contribution in [2.45, 2.75) is 38.6 Å². The van der Waals surface area contributed by atoms with E-state index in [0.29, 0.717) is 58.3 Å². The molecule has 3 fully saturated rings. The first-order chi connectivity index (χ1) is 15.8. The Bertz CT molecular complexity index is 890. The Morgan fingerprint density at radius 2 is 1.42 bits per heavy atom. The number of carbonyl (C=O) groups excluding carboxylic acids is 3. The molecule has 33 heavy (non-hydrogen) atoms. The van der Waals surface area contributed by atoms with Crippen LogP contribution >= 0.6 is 0 Å². The lowest BCUT2D eigenvalue weighted by Gasteiger charge is -2.44. The molecule has 3 aliphatic rings. The molecule has 4 rings (SSSR count). The third-order valence-corrected chi connectivity index (χ3v) is 7.29. The Labute approximate surface area is 193 Å². The van der Waals surface area contributed by atoms with Gasteiger partial charge in [-0.05, 0) is 30.9 Å². The quantitative estimate of drug-likeness (QED) is 0.687. The van der Waals surface area contributed by atoms with E-state index in [2.05, 4.69) is 4.90 Å². The van der Waals surface area contributed by atoms with Gasteiger partial charge in [0, 0.05) is 65.3 Å². The average molecular weight is 463 g/mol. The van der Waals surface area contributed by atoms with E-state index in [-0.39, 0.29) is 23.4 Å². The molecule has 2 saturated heterocycles. The van der Waals surface area contributed by atoms with Crippen molar-refractivity contribution in [3.05, 3.63) is 35.4 Å². The molecule has 0 spiro atoms. The molecule has 9 heteroatoms. The number of rotatable bonds is 4. The third kappa shape index (κ3) is 5.18. The molecule has 0 unspecified atom stereocenters. The molecule has 0 N–H and O–H groups in total. The Balaban J connectivity index is 1.41. The predicted octanol–water partition coefficient (Wildman–Crippen LogP) is 1.97. The number of hydrogen-bond donors (Lipinski definition) is 0. The summed E-state index contributed by atoms with van der Waals surface area (Å²) in [6.45, 7) is 5.62. The number of nitrogens with zero attached hydrogens (tertiary/aromatic N) is 4. The molecule has 180 valence electrons. The number of piperazine rings is 2. The fourth-order valence-electron chi connectivity index (χ4n) is 5.39. The highest BCUT2D eigenvalue weighted by molar-refractivity contribution is 5.94. The van der Waals surface area contributed by atoms with Crippen LogP contribution in [0.4, 0.5) is 8.78 Å². The van der Waals surface area contributed by atoms with Crippen molar-refractivity contribution in [1.29, 1.82) is 0 Å². The van der Waals surface area contributed by atoms with E-state index in [1.165, 1.54) is 6.07 Å². The lowest BCUT2D eigenvalue weighted by atomic mass is 9.94. The maximum Gasteiger partial charge on any atom is 0.256 e. The van der Waals surface area contributed by atoms with Crippen molar-refractivity contribution < 1.29 is 23.2 Å². The Morgan fingerprint density at radius 3 is 2.00 bits per heavy atom. The van der Waals surface area contributed by atoms with Crippen LogP contribution in [0.3, 0.4) is 0 Å². The van der Waals surface area contributed by atoms with Gasteiger partial charge in [0.15, 0.2) is 0 Å². The first-order valence-electron chi connectivity index (χ1n) is 11.9. The largest absolute Gasteiger partial charge is 0.339 e. The number of amides is 3. The lowest BCUT2D eigenvalue weighted by Crippen LogP contribution is -2.60. The summed E-state index contributed by atoms with van der Waals surface area (Å²) in [7, 11) is 0. The molecule has 1 aromatic carbocycles. The van der Waals surface area contributed by atoms with Crippen molar-refractivity contribution in [3.8, 4) is 0 Å². The summed E-state index contributed by atoms with van der Waals surface area (Å²) in [5.74, 6) is -1.57. The van der Waals surface area contributed by atoms with Crippen LogP contribution in [-0.4, -0.2) is 95.7 Å². The van der Waals surface area contributed by atoms with E-state index in [4.69, 9.17) is 0 Å². The van der Waals surface area contributed by atoms with Crippen LogP contribution < -0.4 is 0 Å². The highest BCUT2D eigenvalue weighted by atomic mass is 19.1. The third-order valence-electron chi connectivity index (χ3n) is 7.29. The summed E-state index contributed by atoms with van der Waals surface area (Å²) < 4.78 is 27.3. The Morgan fingerprint density at radius 1 is 0.848 bits per heavy atom. The molecule has 3 amide bonds. The lowest BCUT2D eigenvalue weighted by molar-refractivity contribution is -0.144. The van der Waals surface area contributed by atoms with E-state index < -0.39 is 17.5 Å². The van der Waals surface area contributed by atoms with Gasteiger partial charge in [-0.3, -0.25) is 19.3 Å². The van der Waals surface area contributed by atoms with Crippen LogP contribution in [0.15, 0.2) is 18.2 Å². The van der Waals surface area contributed by atoms with E-state index in [1.807, 2.05) is 4.90 Å². The Hall–Kier alpha value is -2.55. The summed E-state index contributed by atoms with van der Waals surface area (Å²) in [5, 5.41) is 0. The fourth-order valence-corrected chi connectivity index (χ4v) is 5.39. The first kappa shape index (κ1) is 23.6. The van der Waals surface area contributed by atoms with E-state index in [0.717, 1.165) is 37.8 Å². The highest BCUT2D eigenvalue weighted by Crippen LogP contribution is 2.32. The minimum absolute atomic E-state index is 0.0350. The molecule has 0 aromatic heterocycles. The zero-order valence-corrected chi connectivity index (χ0v) is 19.1. The van der Waals surface area contributed by atoms with Crippen LogP contribution in [-0.2, 0) is 9.59 Å². The van der Waals surface area contributed by atoms with Crippen molar-refractivity contribution in [1.82, 2.24) is 19.6 Å². The fraction of sp³-hybridized carbons (Fsp3) is 0.625. The molecule has 1 aliphatic carbocycles. The Kier molecular flexibility index (Phi) is 7.26. The van der Waals surface area contributed by atoms with Crippen molar-refractivity contribution >= 4 is 17.7 Å². The summed E-state index contributed by atoms with van der Waals surface area (Å²) in [4.78, 5) is 45.4. The normalized spacial score (nSPS) is 21.4. The summed E-state index contributed by atoms with van der Waals surface area (Å²) in [6, 6.07) is 2.78. The van der Waals surface area contributed by atoms with Gasteiger partial charge in [0.25, 0.3) is 5.91 Å². The van der Waals surface area contributed by atoms with Gasteiger partial charge in [-0.1, -0.05) is 12.8 Å². The number of carbonyl (C=O) groups is 3. The topological polar surface area (TPSA) is 64.2 Å². The molecular formula is C24H32F2N4O3. The highest BCUT2D eigenvalue weighted by Gasteiger charge is 2.40.